The molecule has 1 amide bonds. The van der Waals surface area contributed by atoms with Gasteiger partial charge in [0.05, 0.1) is 23.7 Å². The lowest BCUT2D eigenvalue weighted by atomic mass is 9.43. The van der Waals surface area contributed by atoms with E-state index in [1.54, 1.807) is 4.90 Å². The zero-order chi connectivity index (χ0) is 27.0. The molecule has 0 radical (unpaired) electrons. The molecule has 1 aromatic rings. The average Bonchev–Trinajstić information content (AvgIpc) is 2.84. The Kier molecular flexibility index (Phi) is 6.25. The van der Waals surface area contributed by atoms with Crippen molar-refractivity contribution in [1.29, 1.82) is 0 Å². The van der Waals surface area contributed by atoms with E-state index in [4.69, 9.17) is 4.74 Å². The summed E-state index contributed by atoms with van der Waals surface area (Å²) in [6, 6.07) is 2.97. The minimum absolute atomic E-state index is 0.0567. The molecular formula is C29H41NO6S. The monoisotopic (exact) mass is 531 g/mol. The molecule has 204 valence electrons. The van der Waals surface area contributed by atoms with E-state index in [2.05, 4.69) is 27.7 Å². The molecule has 3 fully saturated rings. The fourth-order valence-corrected chi connectivity index (χ4v) is 11.2. The molecule has 1 N–H and O–H groups in total. The van der Waals surface area contributed by atoms with Crippen LogP contribution in [0, 0.1) is 28.6 Å². The van der Waals surface area contributed by atoms with Crippen molar-refractivity contribution >= 4 is 21.7 Å². The Balaban J connectivity index is 1.50. The number of phenols is 1. The number of phenolic OH excluding ortho intramolecular Hbond substituents is 1. The van der Waals surface area contributed by atoms with E-state index >= 15 is 0 Å². The number of hydrogen-bond acceptors (Lipinski definition) is 6. The Labute approximate surface area is 220 Å². The van der Waals surface area contributed by atoms with Gasteiger partial charge in [-0.25, -0.2) is 8.42 Å². The number of amides is 1. The number of hydrogen-bond donors (Lipinski definition) is 1. The van der Waals surface area contributed by atoms with Crippen LogP contribution in [0.2, 0.25) is 0 Å². The first kappa shape index (κ1) is 26.5. The summed E-state index contributed by atoms with van der Waals surface area (Å²) in [5.41, 5.74) is 0.275. The summed E-state index contributed by atoms with van der Waals surface area (Å²) in [5, 5.41) is 11.4. The number of likely N-dealkylation sites (tertiary alicyclic amines) is 1. The molecule has 4 aliphatic rings. The number of rotatable bonds is 2. The minimum atomic E-state index is -3.70. The summed E-state index contributed by atoms with van der Waals surface area (Å²) in [6.07, 6.45) is 6.09. The summed E-state index contributed by atoms with van der Waals surface area (Å²) in [6.45, 7) is 9.84. The maximum atomic E-state index is 13.8. The van der Waals surface area contributed by atoms with E-state index < -0.39 is 15.3 Å². The van der Waals surface area contributed by atoms with Crippen LogP contribution in [0.15, 0.2) is 17.0 Å². The number of fused-ring (bicyclic) bond motifs is 5. The Bertz CT molecular complexity index is 1230. The highest BCUT2D eigenvalue weighted by Crippen LogP contribution is 2.67. The van der Waals surface area contributed by atoms with E-state index in [-0.39, 0.29) is 56.5 Å². The summed E-state index contributed by atoms with van der Waals surface area (Å²) < 4.78 is 32.5. The van der Waals surface area contributed by atoms with Crippen molar-refractivity contribution in [3.05, 3.63) is 23.3 Å². The van der Waals surface area contributed by atoms with Gasteiger partial charge >= 0.3 is 5.97 Å². The van der Waals surface area contributed by atoms with E-state index in [1.807, 2.05) is 0 Å². The number of ether oxygens (including phenoxy) is 1. The number of carbonyl (C=O) groups excluding carboxylic acids is 2. The number of nitrogens with zero attached hydrogens (tertiary/aromatic N) is 1. The summed E-state index contributed by atoms with van der Waals surface area (Å²) in [4.78, 5) is 27.0. The first-order valence-electron chi connectivity index (χ1n) is 13.7. The second-order valence-electron chi connectivity index (χ2n) is 13.1. The van der Waals surface area contributed by atoms with E-state index in [0.29, 0.717) is 37.4 Å². The predicted octanol–water partition coefficient (Wildman–Crippen LogP) is 4.71. The van der Waals surface area contributed by atoms with Crippen LogP contribution in [0.25, 0.3) is 0 Å². The number of sulfone groups is 1. The van der Waals surface area contributed by atoms with Crippen LogP contribution in [0.3, 0.4) is 0 Å². The van der Waals surface area contributed by atoms with Gasteiger partial charge in [-0.15, -0.1) is 0 Å². The van der Waals surface area contributed by atoms with Gasteiger partial charge in [-0.3, -0.25) is 9.59 Å². The Morgan fingerprint density at radius 1 is 1.00 bits per heavy atom. The maximum Gasteiger partial charge on any atom is 0.308 e. The summed E-state index contributed by atoms with van der Waals surface area (Å²) in [5.74, 6) is -0.477. The van der Waals surface area contributed by atoms with Crippen LogP contribution in [-0.2, 0) is 24.8 Å². The normalized spacial score (nSPS) is 34.6. The number of carbonyl (C=O) groups is 2. The lowest BCUT2D eigenvalue weighted by Gasteiger charge is -2.63. The molecule has 8 heteroatoms. The fraction of sp³-hybridized carbons (Fsp3) is 0.724. The molecule has 2 saturated carbocycles. The zero-order valence-electron chi connectivity index (χ0n) is 22.8. The number of esters is 1. The molecule has 0 aromatic heterocycles. The van der Waals surface area contributed by atoms with Gasteiger partial charge in [-0.1, -0.05) is 34.1 Å². The third-order valence-corrected chi connectivity index (χ3v) is 12.5. The number of methoxy groups -OCH3 is 1. The minimum Gasteiger partial charge on any atom is -0.508 e. The van der Waals surface area contributed by atoms with E-state index in [0.717, 1.165) is 32.1 Å². The standard InChI is InChI=1S/C29H41NO6S/c1-27(2)10-6-11-28(3)22(27)7-12-29(4)23(28)17-37(34,35)21-16-19(15-20(31)24(21)29)25(32)30-13-8-18(9-14-30)26(33)36-5/h15-16,18,22-23,31H,6-14,17H2,1-5H3. The second kappa shape index (κ2) is 8.72. The van der Waals surface area contributed by atoms with Crippen LogP contribution in [0.1, 0.15) is 88.6 Å². The molecule has 0 spiro atoms. The largest absolute Gasteiger partial charge is 0.508 e. The van der Waals surface area contributed by atoms with Crippen LogP contribution < -0.4 is 0 Å². The van der Waals surface area contributed by atoms with Gasteiger partial charge in [-0.05, 0) is 73.3 Å². The highest BCUT2D eigenvalue weighted by molar-refractivity contribution is 7.91. The average molecular weight is 532 g/mol. The van der Waals surface area contributed by atoms with Gasteiger partial charge in [0.25, 0.3) is 5.91 Å². The molecule has 5 rings (SSSR count). The third kappa shape index (κ3) is 4.00. The van der Waals surface area contributed by atoms with Crippen molar-refractivity contribution in [2.24, 2.45) is 28.6 Å². The first-order valence-corrected chi connectivity index (χ1v) is 15.4. The summed E-state index contributed by atoms with van der Waals surface area (Å²) >= 11 is 0. The van der Waals surface area contributed by atoms with Gasteiger partial charge in [0.15, 0.2) is 9.84 Å². The quantitative estimate of drug-likeness (QED) is 0.555. The van der Waals surface area contributed by atoms with Crippen molar-refractivity contribution in [2.45, 2.75) is 83.0 Å². The second-order valence-corrected chi connectivity index (χ2v) is 15.2. The number of benzene rings is 1. The maximum absolute atomic E-state index is 13.8. The smallest absolute Gasteiger partial charge is 0.308 e. The van der Waals surface area contributed by atoms with Gasteiger partial charge in [0.1, 0.15) is 5.75 Å². The van der Waals surface area contributed by atoms with E-state index in [1.165, 1.54) is 19.2 Å². The molecule has 1 aromatic carbocycles. The molecule has 4 atom stereocenters. The fourth-order valence-electron chi connectivity index (χ4n) is 8.84. The van der Waals surface area contributed by atoms with Crippen molar-refractivity contribution in [3.8, 4) is 5.75 Å². The van der Waals surface area contributed by atoms with Gasteiger partial charge < -0.3 is 14.7 Å². The molecule has 2 aliphatic carbocycles. The lowest BCUT2D eigenvalue weighted by Crippen LogP contribution is -2.59. The van der Waals surface area contributed by atoms with Crippen molar-refractivity contribution in [2.75, 3.05) is 26.0 Å². The van der Waals surface area contributed by atoms with Gasteiger partial charge in [0, 0.05) is 29.6 Å². The first-order chi connectivity index (χ1) is 17.2. The molecule has 1 saturated heterocycles. The van der Waals surface area contributed by atoms with Crippen LogP contribution in [-0.4, -0.2) is 56.3 Å². The zero-order valence-corrected chi connectivity index (χ0v) is 23.6. The number of aromatic hydroxyl groups is 1. The van der Waals surface area contributed by atoms with Gasteiger partial charge in [-0.2, -0.15) is 0 Å². The Morgan fingerprint density at radius 2 is 1.68 bits per heavy atom. The molecule has 7 nitrogen and oxygen atoms in total. The van der Waals surface area contributed by atoms with Crippen LogP contribution in [0.4, 0.5) is 0 Å². The third-order valence-electron chi connectivity index (χ3n) is 10.7. The molecule has 4 unspecified atom stereocenters. The molecule has 2 aliphatic heterocycles. The lowest BCUT2D eigenvalue weighted by molar-refractivity contribution is -0.146. The summed E-state index contributed by atoms with van der Waals surface area (Å²) in [7, 11) is -2.34. The molecule has 2 heterocycles. The van der Waals surface area contributed by atoms with Crippen molar-refractivity contribution in [3.63, 3.8) is 0 Å². The number of piperidine rings is 1. The predicted molar refractivity (Wildman–Crippen MR) is 140 cm³/mol. The van der Waals surface area contributed by atoms with Gasteiger partial charge in [0.2, 0.25) is 0 Å². The highest BCUT2D eigenvalue weighted by Gasteiger charge is 2.62. The van der Waals surface area contributed by atoms with Crippen LogP contribution >= 0.6 is 0 Å². The Hall–Kier alpha value is -2.09. The van der Waals surface area contributed by atoms with Crippen LogP contribution in [0.5, 0.6) is 5.75 Å². The van der Waals surface area contributed by atoms with E-state index in [9.17, 15) is 23.1 Å². The molecular weight excluding hydrogens is 490 g/mol. The van der Waals surface area contributed by atoms with Crippen molar-refractivity contribution < 1.29 is 27.9 Å². The van der Waals surface area contributed by atoms with Crippen molar-refractivity contribution in [1.82, 2.24) is 4.90 Å². The SMILES string of the molecule is COC(=O)C1CCN(C(=O)c2cc(O)c3c(c2)S(=O)(=O)CC2C3(C)CCC3C(C)(C)CCCC32C)CC1. The molecule has 37 heavy (non-hydrogen) atoms. The highest BCUT2D eigenvalue weighted by atomic mass is 32.2. The molecule has 0 bridgehead atoms. The Morgan fingerprint density at radius 3 is 2.32 bits per heavy atom. The topological polar surface area (TPSA) is 101 Å².